The van der Waals surface area contributed by atoms with E-state index in [0.29, 0.717) is 0 Å². The van der Waals surface area contributed by atoms with Gasteiger partial charge >= 0.3 is 0 Å². The molecule has 5 aromatic rings. The average Bonchev–Trinajstić information content (AvgIpc) is 3.36. The molecule has 0 fully saturated rings. The number of rotatable bonds is 9. The van der Waals surface area contributed by atoms with Gasteiger partial charge in [0.2, 0.25) is 5.44 Å². The fourth-order valence-corrected chi connectivity index (χ4v) is 10.2. The number of hydrogen-bond donors (Lipinski definition) is 1. The van der Waals surface area contributed by atoms with Gasteiger partial charge in [0, 0.05) is 5.56 Å². The first-order chi connectivity index (χ1) is 17.3. The number of H-pyrrole nitrogens is 1. The molecular weight excluding hydrogens is 463 g/mol. The molecule has 0 atom stereocenters. The minimum atomic E-state index is -2.23. The maximum atomic E-state index is 5.23. The molecule has 0 radical (unpaired) electrons. The predicted octanol–water partition coefficient (Wildman–Crippen LogP) is 6.59. The van der Waals surface area contributed by atoms with E-state index in [4.69, 9.17) is 4.98 Å². The Balaban J connectivity index is 1.84. The smallest absolute Gasteiger partial charge is 0.210 e. The van der Waals surface area contributed by atoms with Crippen molar-refractivity contribution in [2.24, 2.45) is 0 Å². The Morgan fingerprint density at radius 3 is 1.57 bits per heavy atom. The van der Waals surface area contributed by atoms with Crippen molar-refractivity contribution in [1.29, 1.82) is 0 Å². The Morgan fingerprint density at radius 2 is 1.11 bits per heavy atom. The maximum absolute atomic E-state index is 5.23. The molecule has 1 N–H and O–H groups in total. The summed E-state index contributed by atoms with van der Waals surface area (Å²) < 4.78 is 0. The lowest BCUT2D eigenvalue weighted by Crippen LogP contribution is -2.40. The Morgan fingerprint density at radius 1 is 0.657 bits per heavy atom. The second-order valence-electron chi connectivity index (χ2n) is 8.48. The first-order valence-corrected chi connectivity index (χ1v) is 15.0. The van der Waals surface area contributed by atoms with Crippen LogP contribution in [0.15, 0.2) is 126 Å². The Bertz CT molecular complexity index is 1240. The first kappa shape index (κ1) is 23.6. The van der Waals surface area contributed by atoms with Gasteiger partial charge in [0.05, 0.1) is 0 Å². The zero-order valence-corrected chi connectivity index (χ0v) is 21.7. The first-order valence-electron chi connectivity index (χ1n) is 12.2. The van der Waals surface area contributed by atoms with Crippen LogP contribution in [0.2, 0.25) is 0 Å². The van der Waals surface area contributed by atoms with Gasteiger partial charge in [-0.2, -0.15) is 0 Å². The number of thioether (sulfide) groups is 1. The van der Waals surface area contributed by atoms with Gasteiger partial charge in [-0.15, -0.1) is 11.8 Å². The zero-order chi connectivity index (χ0) is 23.9. The molecule has 0 saturated heterocycles. The van der Waals surface area contributed by atoms with Crippen molar-refractivity contribution in [1.82, 2.24) is 9.97 Å². The normalized spacial score (nSPS) is 11.5. The van der Waals surface area contributed by atoms with E-state index in [1.165, 1.54) is 34.2 Å². The van der Waals surface area contributed by atoms with Crippen LogP contribution in [0.4, 0.5) is 0 Å². The summed E-state index contributed by atoms with van der Waals surface area (Å²) in [5, 5.41) is 5.11. The molecule has 1 heterocycles. The summed E-state index contributed by atoms with van der Waals surface area (Å²) in [6, 6.07) is 43.5. The zero-order valence-electron chi connectivity index (χ0n) is 20.0. The molecular formula is C31H30N2PS+. The van der Waals surface area contributed by atoms with E-state index in [-0.39, 0.29) is 0 Å². The van der Waals surface area contributed by atoms with Crippen LogP contribution in [0.1, 0.15) is 19.8 Å². The third kappa shape index (κ3) is 4.72. The molecule has 0 unspecified atom stereocenters. The van der Waals surface area contributed by atoms with Crippen LogP contribution in [0.3, 0.4) is 0 Å². The monoisotopic (exact) mass is 493 g/mol. The molecule has 0 spiro atoms. The quantitative estimate of drug-likeness (QED) is 0.143. The molecule has 0 aliphatic carbocycles. The van der Waals surface area contributed by atoms with Gasteiger partial charge in [0.25, 0.3) is 0 Å². The average molecular weight is 494 g/mol. The van der Waals surface area contributed by atoms with Crippen molar-refractivity contribution in [2.45, 2.75) is 24.8 Å². The second-order valence-corrected chi connectivity index (χ2v) is 12.9. The number of hydrogen-bond acceptors (Lipinski definition) is 2. The number of nitrogens with zero attached hydrogens (tertiary/aromatic N) is 1. The molecule has 5 rings (SSSR count). The number of nitrogens with one attached hydrogen (secondary N) is 1. The van der Waals surface area contributed by atoms with Crippen LogP contribution >= 0.6 is 19.0 Å². The molecule has 1 aromatic heterocycles. The van der Waals surface area contributed by atoms with Crippen LogP contribution in [-0.2, 0) is 0 Å². The molecule has 0 saturated carbocycles. The van der Waals surface area contributed by atoms with Crippen LogP contribution in [0.25, 0.3) is 11.4 Å². The van der Waals surface area contributed by atoms with Crippen LogP contribution in [0, 0.1) is 0 Å². The molecule has 4 heteroatoms. The van der Waals surface area contributed by atoms with Crippen molar-refractivity contribution < 1.29 is 0 Å². The fraction of sp³-hybridized carbons (Fsp3) is 0.129. The van der Waals surface area contributed by atoms with Crippen molar-refractivity contribution >= 4 is 40.4 Å². The van der Waals surface area contributed by atoms with Crippen molar-refractivity contribution in [3.05, 3.63) is 121 Å². The summed E-state index contributed by atoms with van der Waals surface area (Å²) >= 11 is 1.88. The Kier molecular flexibility index (Phi) is 7.47. The third-order valence-electron chi connectivity index (χ3n) is 6.20. The minimum absolute atomic E-state index is 0.937. The molecule has 35 heavy (non-hydrogen) atoms. The summed E-state index contributed by atoms with van der Waals surface area (Å²) in [5.74, 6) is 1.99. The number of unbranched alkanes of at least 4 members (excludes halogenated alkanes) is 1. The second kappa shape index (κ2) is 11.1. The van der Waals surface area contributed by atoms with Crippen LogP contribution in [-0.4, -0.2) is 15.7 Å². The van der Waals surface area contributed by atoms with E-state index in [2.05, 4.69) is 133 Å². The third-order valence-corrected chi connectivity index (χ3v) is 11.6. The summed E-state index contributed by atoms with van der Waals surface area (Å²) in [4.78, 5) is 9.11. The van der Waals surface area contributed by atoms with E-state index in [1.54, 1.807) is 0 Å². The highest BCUT2D eigenvalue weighted by Crippen LogP contribution is 2.55. The summed E-state index contributed by atoms with van der Waals surface area (Å²) in [6.07, 6.45) is 2.35. The van der Waals surface area contributed by atoms with Gasteiger partial charge in [0.1, 0.15) is 21.7 Å². The Labute approximate surface area is 213 Å². The summed E-state index contributed by atoms with van der Waals surface area (Å²) in [7, 11) is -2.23. The lowest BCUT2D eigenvalue weighted by Gasteiger charge is -2.26. The molecule has 0 aliphatic heterocycles. The van der Waals surface area contributed by atoms with Gasteiger partial charge in [-0.05, 0) is 48.6 Å². The molecule has 2 nitrogen and oxygen atoms in total. The van der Waals surface area contributed by atoms with E-state index in [1.807, 2.05) is 11.8 Å². The van der Waals surface area contributed by atoms with Gasteiger partial charge in [0.15, 0.2) is 12.3 Å². The van der Waals surface area contributed by atoms with Gasteiger partial charge < -0.3 is 4.98 Å². The van der Waals surface area contributed by atoms with E-state index < -0.39 is 7.26 Å². The minimum Gasteiger partial charge on any atom is -0.307 e. The van der Waals surface area contributed by atoms with Crippen LogP contribution in [0.5, 0.6) is 0 Å². The van der Waals surface area contributed by atoms with Crippen molar-refractivity contribution in [2.75, 3.05) is 5.75 Å². The highest BCUT2D eigenvalue weighted by atomic mass is 32.2. The largest absolute Gasteiger partial charge is 0.307 e. The summed E-state index contributed by atoms with van der Waals surface area (Å²) in [5.41, 5.74) is 2.35. The predicted molar refractivity (Wildman–Crippen MR) is 154 cm³/mol. The van der Waals surface area contributed by atoms with Crippen molar-refractivity contribution in [3.63, 3.8) is 0 Å². The van der Waals surface area contributed by atoms with Gasteiger partial charge in [-0.3, -0.25) is 0 Å². The van der Waals surface area contributed by atoms with E-state index in [0.717, 1.165) is 22.2 Å². The SMILES string of the molecule is CCCCSc1nc(-c2ccccc2)[nH]c1[P+](c1ccccc1)(c1ccccc1)c1ccccc1. The highest BCUT2D eigenvalue weighted by molar-refractivity contribution is 8.04. The lowest BCUT2D eigenvalue weighted by atomic mass is 10.2. The van der Waals surface area contributed by atoms with Crippen molar-refractivity contribution in [3.8, 4) is 11.4 Å². The fourth-order valence-electron chi connectivity index (χ4n) is 4.51. The lowest BCUT2D eigenvalue weighted by molar-refractivity contribution is 0.895. The molecule has 174 valence electrons. The Hall–Kier alpha value is -3.13. The summed E-state index contributed by atoms with van der Waals surface area (Å²) in [6.45, 7) is 2.25. The number of aromatic nitrogens is 2. The van der Waals surface area contributed by atoms with E-state index >= 15 is 0 Å². The number of benzene rings is 4. The highest BCUT2D eigenvalue weighted by Gasteiger charge is 2.51. The molecule has 0 aliphatic rings. The molecule has 0 amide bonds. The standard InChI is InChI=1S/C31H30N2PS/c1-2-3-24-35-31-30(32-29(33-31)25-16-8-4-9-17-25)34(26-18-10-5-11-19-26,27-20-12-6-13-21-27)28-22-14-7-15-23-28/h4-23H,2-3,24H2,1H3,(H,32,33)/q+1. The maximum Gasteiger partial charge on any atom is 0.210 e. The van der Waals surface area contributed by atoms with Crippen LogP contribution < -0.4 is 21.3 Å². The molecule has 4 aromatic carbocycles. The molecule has 0 bridgehead atoms. The van der Waals surface area contributed by atoms with Gasteiger partial charge in [-0.25, -0.2) is 4.98 Å². The topological polar surface area (TPSA) is 28.7 Å². The van der Waals surface area contributed by atoms with Gasteiger partial charge in [-0.1, -0.05) is 98.3 Å². The van der Waals surface area contributed by atoms with E-state index in [9.17, 15) is 0 Å². The number of imidazole rings is 1. The number of aromatic amines is 1.